The second kappa shape index (κ2) is 6.56. The molecule has 116 valence electrons. The number of aromatic nitrogens is 1. The first-order valence-corrected chi connectivity index (χ1v) is 8.01. The number of hydrogen-bond donors (Lipinski definition) is 1. The van der Waals surface area contributed by atoms with Crippen LogP contribution in [0.15, 0.2) is 57.4 Å². The van der Waals surface area contributed by atoms with Gasteiger partial charge < -0.3 is 9.73 Å². The van der Waals surface area contributed by atoms with E-state index in [4.69, 9.17) is 16.0 Å². The van der Waals surface area contributed by atoms with Crippen molar-refractivity contribution in [3.05, 3.63) is 69.5 Å². The molecule has 0 saturated heterocycles. The highest BCUT2D eigenvalue weighted by molar-refractivity contribution is 9.10. The maximum atomic E-state index is 12.4. The number of benzene rings is 2. The van der Waals surface area contributed by atoms with Crippen LogP contribution >= 0.6 is 27.5 Å². The molecule has 0 aliphatic rings. The lowest BCUT2D eigenvalue weighted by Crippen LogP contribution is -2.13. The van der Waals surface area contributed by atoms with Crippen LogP contribution in [0.2, 0.25) is 5.02 Å². The third-order valence-corrected chi connectivity index (χ3v) is 4.02. The molecule has 0 aliphatic heterocycles. The zero-order chi connectivity index (χ0) is 16.4. The highest BCUT2D eigenvalue weighted by Gasteiger charge is 2.19. The van der Waals surface area contributed by atoms with Crippen LogP contribution in [0.4, 0.5) is 5.69 Å². The Kier molecular flexibility index (Phi) is 4.50. The predicted molar refractivity (Wildman–Crippen MR) is 93.8 cm³/mol. The van der Waals surface area contributed by atoms with E-state index in [9.17, 15) is 4.79 Å². The fourth-order valence-electron chi connectivity index (χ4n) is 2.08. The molecule has 0 unspecified atom stereocenters. The van der Waals surface area contributed by atoms with Gasteiger partial charge in [0.25, 0.3) is 5.91 Å². The van der Waals surface area contributed by atoms with Gasteiger partial charge in [-0.25, -0.2) is 4.98 Å². The van der Waals surface area contributed by atoms with Crippen LogP contribution in [-0.4, -0.2) is 10.9 Å². The first-order chi connectivity index (χ1) is 11.0. The SMILES string of the molecule is Cc1oc(-c2ccccc2)nc1C(=O)Nc1ccc(Br)cc1Cl. The quantitative estimate of drug-likeness (QED) is 0.657. The van der Waals surface area contributed by atoms with Gasteiger partial charge in [-0.2, -0.15) is 0 Å². The monoisotopic (exact) mass is 390 g/mol. The first kappa shape index (κ1) is 15.8. The fourth-order valence-corrected chi connectivity index (χ4v) is 2.80. The van der Waals surface area contributed by atoms with Crippen molar-refractivity contribution in [1.82, 2.24) is 4.98 Å². The zero-order valence-corrected chi connectivity index (χ0v) is 14.5. The normalized spacial score (nSPS) is 10.6. The smallest absolute Gasteiger partial charge is 0.277 e. The van der Waals surface area contributed by atoms with E-state index < -0.39 is 0 Å². The van der Waals surface area contributed by atoms with Crippen LogP contribution in [0, 0.1) is 6.92 Å². The Morgan fingerprint density at radius 3 is 2.65 bits per heavy atom. The molecule has 4 nitrogen and oxygen atoms in total. The highest BCUT2D eigenvalue weighted by atomic mass is 79.9. The molecule has 1 aromatic heterocycles. The molecule has 6 heteroatoms. The molecule has 3 aromatic rings. The lowest BCUT2D eigenvalue weighted by molar-refractivity contribution is 0.102. The molecule has 0 radical (unpaired) electrons. The van der Waals surface area contributed by atoms with Crippen molar-refractivity contribution in [3.8, 4) is 11.5 Å². The summed E-state index contributed by atoms with van der Waals surface area (Å²) < 4.78 is 6.43. The van der Waals surface area contributed by atoms with Gasteiger partial charge >= 0.3 is 0 Å². The van der Waals surface area contributed by atoms with Gasteiger partial charge in [0.05, 0.1) is 10.7 Å². The number of halogens is 2. The molecule has 1 amide bonds. The van der Waals surface area contributed by atoms with E-state index in [-0.39, 0.29) is 11.6 Å². The molecule has 1 N–H and O–H groups in total. The number of anilines is 1. The van der Waals surface area contributed by atoms with Gasteiger partial charge in [-0.3, -0.25) is 4.79 Å². The van der Waals surface area contributed by atoms with Crippen LogP contribution in [0.25, 0.3) is 11.5 Å². The van der Waals surface area contributed by atoms with E-state index in [2.05, 4.69) is 26.2 Å². The average molecular weight is 392 g/mol. The number of amides is 1. The molecule has 0 aliphatic carbocycles. The van der Waals surface area contributed by atoms with Gasteiger partial charge in [0.15, 0.2) is 5.69 Å². The standard InChI is InChI=1S/C17H12BrClN2O2/c1-10-15(21-17(23-10)11-5-3-2-4-6-11)16(22)20-14-8-7-12(18)9-13(14)19/h2-9H,1H3,(H,20,22). The molecule has 0 atom stereocenters. The van der Waals surface area contributed by atoms with E-state index in [0.29, 0.717) is 22.4 Å². The number of rotatable bonds is 3. The largest absolute Gasteiger partial charge is 0.441 e. The van der Waals surface area contributed by atoms with Crippen molar-refractivity contribution in [3.63, 3.8) is 0 Å². The van der Waals surface area contributed by atoms with Crippen LogP contribution in [0.1, 0.15) is 16.2 Å². The highest BCUT2D eigenvalue weighted by Crippen LogP contribution is 2.27. The molecule has 0 fully saturated rings. The fraction of sp³-hybridized carbons (Fsp3) is 0.0588. The number of hydrogen-bond acceptors (Lipinski definition) is 3. The summed E-state index contributed by atoms with van der Waals surface area (Å²) in [6.07, 6.45) is 0. The summed E-state index contributed by atoms with van der Waals surface area (Å²) in [6, 6.07) is 14.7. The third-order valence-electron chi connectivity index (χ3n) is 3.21. The Bertz CT molecular complexity index is 862. The van der Waals surface area contributed by atoms with Crippen molar-refractivity contribution in [1.29, 1.82) is 0 Å². The Labute approximate surface area is 146 Å². The van der Waals surface area contributed by atoms with Gasteiger partial charge in [0, 0.05) is 10.0 Å². The molecular weight excluding hydrogens is 380 g/mol. The van der Waals surface area contributed by atoms with E-state index in [0.717, 1.165) is 10.0 Å². The number of nitrogens with one attached hydrogen (secondary N) is 1. The van der Waals surface area contributed by atoms with E-state index in [1.165, 1.54) is 0 Å². The zero-order valence-electron chi connectivity index (χ0n) is 12.1. The van der Waals surface area contributed by atoms with Gasteiger partial charge in [0.1, 0.15) is 5.76 Å². The Hall–Kier alpha value is -2.11. The predicted octanol–water partition coefficient (Wildman–Crippen LogP) is 5.32. The van der Waals surface area contributed by atoms with Crippen molar-refractivity contribution in [2.24, 2.45) is 0 Å². The minimum atomic E-state index is -0.363. The average Bonchev–Trinajstić information content (AvgIpc) is 2.93. The van der Waals surface area contributed by atoms with Crippen LogP contribution in [-0.2, 0) is 0 Å². The Morgan fingerprint density at radius 1 is 1.22 bits per heavy atom. The summed E-state index contributed by atoms with van der Waals surface area (Å²) in [7, 11) is 0. The van der Waals surface area contributed by atoms with Crippen molar-refractivity contribution >= 4 is 39.1 Å². The first-order valence-electron chi connectivity index (χ1n) is 6.84. The molecular formula is C17H12BrClN2O2. The van der Waals surface area contributed by atoms with E-state index in [1.54, 1.807) is 25.1 Å². The topological polar surface area (TPSA) is 55.1 Å². The molecule has 23 heavy (non-hydrogen) atoms. The maximum Gasteiger partial charge on any atom is 0.277 e. The Balaban J connectivity index is 1.87. The number of nitrogens with zero attached hydrogens (tertiary/aromatic N) is 1. The summed E-state index contributed by atoms with van der Waals surface area (Å²) in [6.45, 7) is 1.71. The van der Waals surface area contributed by atoms with Crippen LogP contribution in [0.5, 0.6) is 0 Å². The number of carbonyl (C=O) groups is 1. The van der Waals surface area contributed by atoms with Gasteiger partial charge in [-0.1, -0.05) is 45.7 Å². The number of aryl methyl sites for hydroxylation is 1. The third kappa shape index (κ3) is 3.46. The van der Waals surface area contributed by atoms with Gasteiger partial charge in [-0.05, 0) is 37.3 Å². The van der Waals surface area contributed by atoms with Crippen molar-refractivity contribution < 1.29 is 9.21 Å². The number of carbonyl (C=O) groups excluding carboxylic acids is 1. The van der Waals surface area contributed by atoms with Crippen LogP contribution in [0.3, 0.4) is 0 Å². The summed E-state index contributed by atoms with van der Waals surface area (Å²) in [4.78, 5) is 16.7. The van der Waals surface area contributed by atoms with Gasteiger partial charge in [0.2, 0.25) is 5.89 Å². The molecule has 1 heterocycles. The number of oxazole rings is 1. The second-order valence-corrected chi connectivity index (χ2v) is 6.19. The maximum absolute atomic E-state index is 12.4. The summed E-state index contributed by atoms with van der Waals surface area (Å²) >= 11 is 9.44. The minimum Gasteiger partial charge on any atom is -0.441 e. The molecule has 0 spiro atoms. The molecule has 0 bridgehead atoms. The van der Waals surface area contributed by atoms with E-state index >= 15 is 0 Å². The summed E-state index contributed by atoms with van der Waals surface area (Å²) in [5.74, 6) is 0.502. The lowest BCUT2D eigenvalue weighted by Gasteiger charge is -2.06. The molecule has 3 rings (SSSR count). The summed E-state index contributed by atoms with van der Waals surface area (Å²) in [5.41, 5.74) is 1.57. The lowest BCUT2D eigenvalue weighted by atomic mass is 10.2. The van der Waals surface area contributed by atoms with E-state index in [1.807, 2.05) is 30.3 Å². The molecule has 0 saturated carbocycles. The van der Waals surface area contributed by atoms with Crippen molar-refractivity contribution in [2.45, 2.75) is 6.92 Å². The summed E-state index contributed by atoms with van der Waals surface area (Å²) in [5, 5.41) is 3.19. The second-order valence-electron chi connectivity index (χ2n) is 4.87. The minimum absolute atomic E-state index is 0.239. The molecule has 2 aromatic carbocycles. The van der Waals surface area contributed by atoms with Crippen molar-refractivity contribution in [2.75, 3.05) is 5.32 Å². The van der Waals surface area contributed by atoms with Gasteiger partial charge in [-0.15, -0.1) is 0 Å². The van der Waals surface area contributed by atoms with Crippen LogP contribution < -0.4 is 5.32 Å². The Morgan fingerprint density at radius 2 is 1.96 bits per heavy atom.